The number of sulfone groups is 1. The summed E-state index contributed by atoms with van der Waals surface area (Å²) < 4.78 is 48.7. The predicted octanol–water partition coefficient (Wildman–Crippen LogP) is -0.792. The van der Waals surface area contributed by atoms with E-state index in [9.17, 15) is 16.8 Å². The van der Waals surface area contributed by atoms with Crippen molar-refractivity contribution in [2.24, 2.45) is 5.92 Å². The molecule has 2 rings (SSSR count). The minimum absolute atomic E-state index is 0.0189. The first-order valence-corrected chi connectivity index (χ1v) is 9.48. The van der Waals surface area contributed by atoms with E-state index in [1.54, 1.807) is 0 Å². The summed E-state index contributed by atoms with van der Waals surface area (Å²) in [6.45, 7) is 0.736. The molecule has 0 aromatic heterocycles. The summed E-state index contributed by atoms with van der Waals surface area (Å²) in [7, 11) is -6.72. The summed E-state index contributed by atoms with van der Waals surface area (Å²) in [5.74, 6) is -0.310. The van der Waals surface area contributed by atoms with Gasteiger partial charge in [-0.15, -0.1) is 0 Å². The Hall–Kier alpha value is -0.180. The molecule has 8 heteroatoms. The van der Waals surface area contributed by atoms with E-state index < -0.39 is 25.1 Å². The zero-order chi connectivity index (χ0) is 13.4. The molecule has 2 fully saturated rings. The van der Waals surface area contributed by atoms with Gasteiger partial charge in [0.2, 0.25) is 10.0 Å². The van der Waals surface area contributed by atoms with Crippen LogP contribution >= 0.6 is 0 Å². The van der Waals surface area contributed by atoms with Crippen molar-refractivity contribution in [2.45, 2.75) is 24.5 Å². The Balaban J connectivity index is 2.11. The molecule has 0 aromatic rings. The van der Waals surface area contributed by atoms with Crippen molar-refractivity contribution in [1.82, 2.24) is 4.31 Å². The maximum Gasteiger partial charge on any atom is 0.218 e. The molecule has 6 nitrogen and oxygen atoms in total. The first-order valence-electron chi connectivity index (χ1n) is 6.15. The molecule has 0 bridgehead atoms. The summed E-state index contributed by atoms with van der Waals surface area (Å²) in [5.41, 5.74) is 0. The van der Waals surface area contributed by atoms with Crippen LogP contribution in [0.1, 0.15) is 19.3 Å². The van der Waals surface area contributed by atoms with Crippen LogP contribution in [-0.4, -0.2) is 62.7 Å². The Kier molecular flexibility index (Phi) is 4.01. The second-order valence-electron chi connectivity index (χ2n) is 5.12. The summed E-state index contributed by atoms with van der Waals surface area (Å²) in [6.07, 6.45) is 1.75. The van der Waals surface area contributed by atoms with Gasteiger partial charge in [-0.05, 0) is 25.2 Å². The first kappa shape index (κ1) is 14.2. The lowest BCUT2D eigenvalue weighted by Gasteiger charge is -2.32. The fourth-order valence-electron chi connectivity index (χ4n) is 2.61. The van der Waals surface area contributed by atoms with E-state index in [4.69, 9.17) is 5.11 Å². The lowest BCUT2D eigenvalue weighted by molar-refractivity contribution is 0.165. The van der Waals surface area contributed by atoms with Crippen LogP contribution in [0, 0.1) is 5.92 Å². The van der Waals surface area contributed by atoms with Crippen molar-refractivity contribution in [1.29, 1.82) is 0 Å². The fourth-order valence-corrected chi connectivity index (χ4v) is 7.26. The molecule has 18 heavy (non-hydrogen) atoms. The van der Waals surface area contributed by atoms with Crippen LogP contribution in [-0.2, 0) is 19.9 Å². The summed E-state index contributed by atoms with van der Waals surface area (Å²) in [4.78, 5) is 0. The highest BCUT2D eigenvalue weighted by molar-refractivity contribution is 7.95. The number of hydrogen-bond donors (Lipinski definition) is 1. The van der Waals surface area contributed by atoms with Crippen LogP contribution in [0.5, 0.6) is 0 Å². The van der Waals surface area contributed by atoms with E-state index in [0.29, 0.717) is 13.1 Å². The largest absolute Gasteiger partial charge is 0.396 e. The van der Waals surface area contributed by atoms with E-state index >= 15 is 0 Å². The summed E-state index contributed by atoms with van der Waals surface area (Å²) in [6, 6.07) is 0. The van der Waals surface area contributed by atoms with Crippen LogP contribution in [0.25, 0.3) is 0 Å². The molecular weight excluding hydrogens is 278 g/mol. The Morgan fingerprint density at radius 1 is 1.28 bits per heavy atom. The maximum absolute atomic E-state index is 12.3. The quantitative estimate of drug-likeness (QED) is 0.737. The number of piperidine rings is 1. The van der Waals surface area contributed by atoms with E-state index in [1.165, 1.54) is 4.31 Å². The third kappa shape index (κ3) is 2.87. The van der Waals surface area contributed by atoms with Crippen LogP contribution < -0.4 is 0 Å². The minimum atomic E-state index is -3.53. The van der Waals surface area contributed by atoms with Crippen molar-refractivity contribution in [3.8, 4) is 0 Å². The van der Waals surface area contributed by atoms with Gasteiger partial charge in [0.15, 0.2) is 9.84 Å². The Bertz CT molecular complexity index is 498. The van der Waals surface area contributed by atoms with E-state index in [-0.39, 0.29) is 30.5 Å². The number of rotatable bonds is 3. The van der Waals surface area contributed by atoms with Gasteiger partial charge < -0.3 is 5.11 Å². The number of hydrogen-bond acceptors (Lipinski definition) is 5. The second kappa shape index (κ2) is 5.07. The Morgan fingerprint density at radius 3 is 2.56 bits per heavy atom. The molecule has 106 valence electrons. The van der Waals surface area contributed by atoms with Gasteiger partial charge in [-0.1, -0.05) is 0 Å². The van der Waals surface area contributed by atoms with Gasteiger partial charge in [0.1, 0.15) is 0 Å². The third-order valence-corrected chi connectivity index (χ3v) is 7.99. The number of aliphatic hydroxyl groups is 1. The minimum Gasteiger partial charge on any atom is -0.396 e. The lowest BCUT2D eigenvalue weighted by Crippen LogP contribution is -2.45. The van der Waals surface area contributed by atoms with Crippen LogP contribution in [0.3, 0.4) is 0 Å². The normalized spacial score (nSPS) is 33.6. The molecule has 0 amide bonds. The molecule has 2 saturated heterocycles. The Labute approximate surface area is 108 Å². The van der Waals surface area contributed by atoms with Gasteiger partial charge in [-0.25, -0.2) is 21.1 Å². The molecular formula is C10H19NO5S2. The SMILES string of the molecule is O=S1(=O)CCC(S(=O)(=O)N2CCCC(CO)C2)C1. The van der Waals surface area contributed by atoms with Crippen LogP contribution in [0.15, 0.2) is 0 Å². The van der Waals surface area contributed by atoms with Gasteiger partial charge in [0, 0.05) is 19.7 Å². The monoisotopic (exact) mass is 297 g/mol. The Morgan fingerprint density at radius 2 is 2.00 bits per heavy atom. The van der Waals surface area contributed by atoms with Gasteiger partial charge in [0.05, 0.1) is 16.8 Å². The average molecular weight is 297 g/mol. The van der Waals surface area contributed by atoms with Crippen LogP contribution in [0.4, 0.5) is 0 Å². The molecule has 0 saturated carbocycles. The van der Waals surface area contributed by atoms with Gasteiger partial charge in [-0.3, -0.25) is 0 Å². The van der Waals surface area contributed by atoms with Crippen molar-refractivity contribution in [3.05, 3.63) is 0 Å². The number of nitrogens with zero attached hydrogens (tertiary/aromatic N) is 1. The van der Waals surface area contributed by atoms with Gasteiger partial charge >= 0.3 is 0 Å². The summed E-state index contributed by atoms with van der Waals surface area (Å²) in [5, 5.41) is 8.31. The molecule has 0 radical (unpaired) electrons. The van der Waals surface area contributed by atoms with Gasteiger partial charge in [-0.2, -0.15) is 0 Å². The molecule has 2 atom stereocenters. The standard InChI is InChI=1S/C10H19NO5S2/c12-7-9-2-1-4-11(6-9)18(15,16)10-3-5-17(13,14)8-10/h9-10,12H,1-8H2. The maximum atomic E-state index is 12.3. The predicted molar refractivity (Wildman–Crippen MR) is 67.4 cm³/mol. The molecule has 2 heterocycles. The van der Waals surface area contributed by atoms with E-state index in [2.05, 4.69) is 0 Å². The highest BCUT2D eigenvalue weighted by Gasteiger charge is 2.41. The average Bonchev–Trinajstić information content (AvgIpc) is 2.70. The number of aliphatic hydroxyl groups excluding tert-OH is 1. The third-order valence-electron chi connectivity index (χ3n) is 3.71. The molecule has 2 aliphatic heterocycles. The van der Waals surface area contributed by atoms with E-state index in [1.807, 2.05) is 0 Å². The fraction of sp³-hybridized carbons (Fsp3) is 1.00. The van der Waals surface area contributed by atoms with Crippen molar-refractivity contribution in [2.75, 3.05) is 31.2 Å². The number of sulfonamides is 1. The highest BCUT2D eigenvalue weighted by atomic mass is 32.2. The van der Waals surface area contributed by atoms with Crippen molar-refractivity contribution < 1.29 is 21.9 Å². The van der Waals surface area contributed by atoms with Crippen molar-refractivity contribution >= 4 is 19.9 Å². The molecule has 1 N–H and O–H groups in total. The highest BCUT2D eigenvalue weighted by Crippen LogP contribution is 2.26. The smallest absolute Gasteiger partial charge is 0.218 e. The first-order chi connectivity index (χ1) is 8.35. The van der Waals surface area contributed by atoms with E-state index in [0.717, 1.165) is 12.8 Å². The lowest BCUT2D eigenvalue weighted by atomic mass is 10.0. The molecule has 2 aliphatic rings. The molecule has 2 unspecified atom stereocenters. The van der Waals surface area contributed by atoms with Crippen molar-refractivity contribution in [3.63, 3.8) is 0 Å². The second-order valence-corrected chi connectivity index (χ2v) is 9.56. The van der Waals surface area contributed by atoms with Gasteiger partial charge in [0.25, 0.3) is 0 Å². The molecule has 0 aliphatic carbocycles. The zero-order valence-corrected chi connectivity index (χ0v) is 11.8. The topological polar surface area (TPSA) is 91.8 Å². The molecule has 0 aromatic carbocycles. The molecule has 0 spiro atoms. The summed E-state index contributed by atoms with van der Waals surface area (Å²) >= 11 is 0. The zero-order valence-electron chi connectivity index (χ0n) is 10.2. The van der Waals surface area contributed by atoms with Crippen LogP contribution in [0.2, 0.25) is 0 Å².